The second-order valence-corrected chi connectivity index (χ2v) is 9.21. The highest BCUT2D eigenvalue weighted by atomic mass is 16.1. The van der Waals surface area contributed by atoms with E-state index < -0.39 is 0 Å². The first-order valence-electron chi connectivity index (χ1n) is 9.56. The molecule has 4 fully saturated rings. The monoisotopic (exact) mass is 315 g/mol. The second kappa shape index (κ2) is 5.24. The van der Waals surface area contributed by atoms with Crippen molar-refractivity contribution in [1.29, 1.82) is 0 Å². The van der Waals surface area contributed by atoms with Crippen LogP contribution >= 0.6 is 0 Å². The van der Waals surface area contributed by atoms with Crippen LogP contribution in [0.5, 0.6) is 0 Å². The molecule has 4 heteroatoms. The maximum atomic E-state index is 12.4. The van der Waals surface area contributed by atoms with Crippen molar-refractivity contribution in [2.75, 3.05) is 0 Å². The highest BCUT2D eigenvalue weighted by Crippen LogP contribution is 2.65. The summed E-state index contributed by atoms with van der Waals surface area (Å²) < 4.78 is 0. The van der Waals surface area contributed by atoms with Crippen LogP contribution < -0.4 is 0 Å². The van der Waals surface area contributed by atoms with Gasteiger partial charge in [0.25, 0.3) is 0 Å². The number of ketones is 1. The summed E-state index contributed by atoms with van der Waals surface area (Å²) >= 11 is 0. The Balaban J connectivity index is 1.59. The highest BCUT2D eigenvalue weighted by Gasteiger charge is 2.60. The van der Waals surface area contributed by atoms with Gasteiger partial charge < -0.3 is 0 Å². The molecule has 0 spiro atoms. The van der Waals surface area contributed by atoms with Crippen LogP contribution in [-0.2, 0) is 4.79 Å². The Morgan fingerprint density at radius 3 is 2.70 bits per heavy atom. The van der Waals surface area contributed by atoms with Crippen molar-refractivity contribution < 1.29 is 4.79 Å². The fourth-order valence-corrected chi connectivity index (χ4v) is 7.18. The maximum absolute atomic E-state index is 12.4. The molecule has 4 nitrogen and oxygen atoms in total. The normalized spacial score (nSPS) is 52.1. The fourth-order valence-electron chi connectivity index (χ4n) is 7.18. The van der Waals surface area contributed by atoms with Gasteiger partial charge in [-0.3, -0.25) is 4.79 Å². The molecule has 0 N–H and O–H groups in total. The van der Waals surface area contributed by atoms with E-state index in [2.05, 4.69) is 23.9 Å². The first-order valence-corrected chi connectivity index (χ1v) is 9.56. The average Bonchev–Trinajstić information content (AvgIpc) is 2.84. The predicted octanol–water partition coefficient (Wildman–Crippen LogP) is 5.28. The molecule has 23 heavy (non-hydrogen) atoms. The number of rotatable bonds is 1. The minimum Gasteiger partial charge on any atom is -0.299 e. The number of carbonyl (C=O) groups is 1. The van der Waals surface area contributed by atoms with Crippen molar-refractivity contribution in [2.45, 2.75) is 77.7 Å². The number of hydrogen-bond donors (Lipinski definition) is 0. The molecule has 0 amide bonds. The van der Waals surface area contributed by atoms with Crippen LogP contribution in [0.15, 0.2) is 5.11 Å². The Bertz CT molecular complexity index is 569. The Hall–Kier alpha value is -1.02. The molecular weight excluding hydrogens is 286 g/mol. The zero-order valence-electron chi connectivity index (χ0n) is 14.5. The van der Waals surface area contributed by atoms with Gasteiger partial charge in [-0.25, -0.2) is 0 Å². The third-order valence-electron chi connectivity index (χ3n) is 8.56. The molecule has 0 bridgehead atoms. The number of fused-ring (bicyclic) bond motifs is 5. The molecule has 7 atom stereocenters. The molecule has 0 radical (unpaired) electrons. The summed E-state index contributed by atoms with van der Waals surface area (Å²) in [5.41, 5.74) is 9.16. The van der Waals surface area contributed by atoms with Crippen LogP contribution in [0.25, 0.3) is 10.4 Å². The lowest BCUT2D eigenvalue weighted by Crippen LogP contribution is -2.53. The fraction of sp³-hybridized carbons (Fsp3) is 0.947. The first kappa shape index (κ1) is 15.5. The number of Topliss-reactive ketones (excluding diaryl/α,β-unsaturated/α-hetero) is 1. The quantitative estimate of drug-likeness (QED) is 0.369. The van der Waals surface area contributed by atoms with Gasteiger partial charge in [-0.15, -0.1) is 0 Å². The lowest BCUT2D eigenvalue weighted by atomic mass is 9.45. The minimum atomic E-state index is -0.00727. The van der Waals surface area contributed by atoms with Gasteiger partial charge in [0.15, 0.2) is 0 Å². The summed E-state index contributed by atoms with van der Waals surface area (Å²) in [5, 5.41) is 4.02. The first-order chi connectivity index (χ1) is 11.0. The average molecular weight is 315 g/mol. The molecule has 4 rings (SSSR count). The maximum Gasteiger partial charge on any atom is 0.139 e. The molecule has 4 aliphatic carbocycles. The zero-order chi connectivity index (χ0) is 16.2. The molecule has 0 unspecified atom stereocenters. The molecule has 0 heterocycles. The summed E-state index contributed by atoms with van der Waals surface area (Å²) in [4.78, 5) is 15.5. The molecule has 0 aromatic rings. The van der Waals surface area contributed by atoms with E-state index in [0.29, 0.717) is 17.1 Å². The van der Waals surface area contributed by atoms with Gasteiger partial charge in [0, 0.05) is 22.8 Å². The van der Waals surface area contributed by atoms with Gasteiger partial charge in [0.05, 0.1) is 0 Å². The topological polar surface area (TPSA) is 65.8 Å². The second-order valence-electron chi connectivity index (χ2n) is 9.21. The number of azide groups is 1. The zero-order valence-corrected chi connectivity index (χ0v) is 14.5. The van der Waals surface area contributed by atoms with Crippen molar-refractivity contribution in [2.24, 2.45) is 39.6 Å². The number of hydrogen-bond acceptors (Lipinski definition) is 2. The highest BCUT2D eigenvalue weighted by molar-refractivity contribution is 5.87. The van der Waals surface area contributed by atoms with E-state index >= 15 is 0 Å². The SMILES string of the molecule is C[C@]12CC[C@@H](N=[N+]=[N-])C[C@@H]1CC[C@@H]1[C@@H]2CC[C@]2(C)C(=O)CC[C@@H]12. The van der Waals surface area contributed by atoms with Crippen molar-refractivity contribution >= 4 is 5.78 Å². The predicted molar refractivity (Wildman–Crippen MR) is 89.7 cm³/mol. The molecule has 4 aliphatic rings. The van der Waals surface area contributed by atoms with Gasteiger partial charge in [-0.2, -0.15) is 0 Å². The van der Waals surface area contributed by atoms with E-state index in [1.54, 1.807) is 0 Å². The largest absolute Gasteiger partial charge is 0.299 e. The van der Waals surface area contributed by atoms with Crippen LogP contribution in [0, 0.1) is 34.5 Å². The summed E-state index contributed by atoms with van der Waals surface area (Å²) in [5.74, 6) is 3.45. The van der Waals surface area contributed by atoms with E-state index in [4.69, 9.17) is 5.53 Å². The van der Waals surface area contributed by atoms with Gasteiger partial charge in [-0.1, -0.05) is 19.0 Å². The van der Waals surface area contributed by atoms with Gasteiger partial charge in [0.1, 0.15) is 5.78 Å². The lowest BCUT2D eigenvalue weighted by molar-refractivity contribution is -0.139. The van der Waals surface area contributed by atoms with Crippen LogP contribution in [0.3, 0.4) is 0 Å². The third-order valence-corrected chi connectivity index (χ3v) is 8.56. The molecule has 126 valence electrons. The molecule has 0 aromatic heterocycles. The Labute approximate surface area is 139 Å². The van der Waals surface area contributed by atoms with Crippen LogP contribution in [0.4, 0.5) is 0 Å². The molecular formula is C19H29N3O. The third kappa shape index (κ3) is 2.10. The molecule has 0 aromatic carbocycles. The van der Waals surface area contributed by atoms with E-state index in [1.165, 1.54) is 25.7 Å². The van der Waals surface area contributed by atoms with Crippen molar-refractivity contribution in [3.05, 3.63) is 10.4 Å². The summed E-state index contributed by atoms with van der Waals surface area (Å²) in [6, 6.07) is 0.219. The molecule has 0 aliphatic heterocycles. The molecule has 4 saturated carbocycles. The van der Waals surface area contributed by atoms with Crippen LogP contribution in [0.1, 0.15) is 71.6 Å². The Kier molecular flexibility index (Phi) is 3.53. The van der Waals surface area contributed by atoms with E-state index in [9.17, 15) is 4.79 Å². The van der Waals surface area contributed by atoms with Crippen molar-refractivity contribution in [1.82, 2.24) is 0 Å². The van der Waals surface area contributed by atoms with Crippen LogP contribution in [0.2, 0.25) is 0 Å². The van der Waals surface area contributed by atoms with Gasteiger partial charge in [0.2, 0.25) is 0 Å². The van der Waals surface area contributed by atoms with Gasteiger partial charge >= 0.3 is 0 Å². The van der Waals surface area contributed by atoms with E-state index in [0.717, 1.165) is 49.9 Å². The number of carbonyl (C=O) groups excluding carboxylic acids is 1. The van der Waals surface area contributed by atoms with E-state index in [-0.39, 0.29) is 11.5 Å². The minimum absolute atomic E-state index is 0.00727. The summed E-state index contributed by atoms with van der Waals surface area (Å²) in [6.07, 6.45) is 10.2. The Morgan fingerprint density at radius 2 is 1.91 bits per heavy atom. The summed E-state index contributed by atoms with van der Waals surface area (Å²) in [6.45, 7) is 4.77. The Morgan fingerprint density at radius 1 is 1.09 bits per heavy atom. The number of nitrogens with zero attached hydrogens (tertiary/aromatic N) is 3. The lowest BCUT2D eigenvalue weighted by Gasteiger charge is -2.60. The van der Waals surface area contributed by atoms with Gasteiger partial charge in [-0.05, 0) is 86.0 Å². The summed E-state index contributed by atoms with van der Waals surface area (Å²) in [7, 11) is 0. The molecule has 0 saturated heterocycles. The smallest absolute Gasteiger partial charge is 0.139 e. The van der Waals surface area contributed by atoms with Crippen molar-refractivity contribution in [3.63, 3.8) is 0 Å². The van der Waals surface area contributed by atoms with Crippen molar-refractivity contribution in [3.8, 4) is 0 Å². The standard InChI is InChI=1S/C19H29N3O/c1-18-9-7-13(21-22-20)11-12(18)3-4-14-15-5-6-17(23)19(15,2)10-8-16(14)18/h12-16H,3-11H2,1-2H3/t12-,13+,14-,15-,16-,18-,19-/m0/s1. The van der Waals surface area contributed by atoms with E-state index in [1.807, 2.05) is 0 Å². The van der Waals surface area contributed by atoms with Crippen LogP contribution in [-0.4, -0.2) is 11.8 Å².